The molecule has 0 unspecified atom stereocenters. The van der Waals surface area contributed by atoms with Gasteiger partial charge in [-0.15, -0.1) is 0 Å². The number of hydrogen-bond donors (Lipinski definition) is 1. The van der Waals surface area contributed by atoms with Crippen LogP contribution in [-0.2, 0) is 11.2 Å². The Hall–Kier alpha value is -2.10. The smallest absolute Gasteiger partial charge is 0.224 e. The van der Waals surface area contributed by atoms with E-state index in [-0.39, 0.29) is 11.7 Å². The summed E-state index contributed by atoms with van der Waals surface area (Å²) in [5.41, 5.74) is 1.44. The van der Waals surface area contributed by atoms with E-state index in [2.05, 4.69) is 5.32 Å². The average Bonchev–Trinajstić information content (AvgIpc) is 2.36. The summed E-state index contributed by atoms with van der Waals surface area (Å²) >= 11 is 0. The van der Waals surface area contributed by atoms with Crippen LogP contribution in [0, 0.1) is 0 Å². The van der Waals surface area contributed by atoms with Gasteiger partial charge in [0.15, 0.2) is 5.78 Å². The molecule has 1 rings (SSSR count). The lowest BCUT2D eigenvalue weighted by Gasteiger charge is -2.05. The molecule has 1 amide bonds. The van der Waals surface area contributed by atoms with Gasteiger partial charge in [0.2, 0.25) is 5.91 Å². The zero-order chi connectivity index (χ0) is 14.3. The van der Waals surface area contributed by atoms with E-state index in [1.165, 1.54) is 6.08 Å². The van der Waals surface area contributed by atoms with Crippen molar-refractivity contribution in [2.75, 3.05) is 20.6 Å². The highest BCUT2D eigenvalue weighted by atomic mass is 16.1. The van der Waals surface area contributed by atoms with Crippen LogP contribution in [-0.4, -0.2) is 37.2 Å². The third kappa shape index (κ3) is 5.38. The van der Waals surface area contributed by atoms with Gasteiger partial charge in [0.25, 0.3) is 0 Å². The van der Waals surface area contributed by atoms with Crippen LogP contribution < -0.4 is 5.32 Å². The molecule has 0 spiro atoms. The summed E-state index contributed by atoms with van der Waals surface area (Å²) in [7, 11) is 3.71. The van der Waals surface area contributed by atoms with Crippen molar-refractivity contribution in [1.82, 2.24) is 10.2 Å². The molecule has 1 N–H and O–H groups in total. The lowest BCUT2D eigenvalue weighted by Crippen LogP contribution is -2.24. The molecule has 0 heterocycles. The van der Waals surface area contributed by atoms with Gasteiger partial charge in [0.05, 0.1) is 6.42 Å². The summed E-state index contributed by atoms with van der Waals surface area (Å²) in [6.45, 7) is 2.49. The Labute approximate surface area is 114 Å². The van der Waals surface area contributed by atoms with Gasteiger partial charge < -0.3 is 10.2 Å². The van der Waals surface area contributed by atoms with Crippen molar-refractivity contribution >= 4 is 11.7 Å². The molecule has 0 atom stereocenters. The first kappa shape index (κ1) is 15.0. The average molecular weight is 260 g/mol. The molecule has 0 bridgehead atoms. The molecule has 0 aromatic heterocycles. The highest BCUT2D eigenvalue weighted by Gasteiger charge is 2.06. The number of nitrogens with zero attached hydrogens (tertiary/aromatic N) is 1. The Morgan fingerprint density at radius 1 is 1.32 bits per heavy atom. The van der Waals surface area contributed by atoms with Gasteiger partial charge in [-0.1, -0.05) is 18.2 Å². The van der Waals surface area contributed by atoms with Crippen LogP contribution in [0.2, 0.25) is 0 Å². The summed E-state index contributed by atoms with van der Waals surface area (Å²) < 4.78 is 0. The Bertz CT molecular complexity index is 479. The number of hydrogen-bond acceptors (Lipinski definition) is 3. The number of rotatable bonds is 6. The number of carbonyl (C=O) groups is 2. The van der Waals surface area contributed by atoms with Crippen LogP contribution in [0.5, 0.6) is 0 Å². The minimum absolute atomic E-state index is 0.0315. The Morgan fingerprint density at radius 2 is 2.05 bits per heavy atom. The minimum Gasteiger partial charge on any atom is -0.383 e. The number of likely N-dealkylation sites (N-methyl/N-ethyl adjacent to an activating group) is 1. The lowest BCUT2D eigenvalue weighted by atomic mass is 10.0. The number of allylic oxidation sites excluding steroid dienone is 1. The maximum atomic E-state index is 11.9. The van der Waals surface area contributed by atoms with Crippen molar-refractivity contribution in [3.8, 4) is 0 Å². The number of amides is 1. The van der Waals surface area contributed by atoms with Crippen molar-refractivity contribution in [1.29, 1.82) is 0 Å². The molecule has 102 valence electrons. The molecular formula is C15H20N2O2. The van der Waals surface area contributed by atoms with E-state index in [9.17, 15) is 9.59 Å². The lowest BCUT2D eigenvalue weighted by molar-refractivity contribution is -0.120. The molecule has 19 heavy (non-hydrogen) atoms. The van der Waals surface area contributed by atoms with Crippen LogP contribution in [0.25, 0.3) is 0 Å². The fraction of sp³-hybridized carbons (Fsp3) is 0.333. The third-order valence-corrected chi connectivity index (χ3v) is 2.47. The summed E-state index contributed by atoms with van der Waals surface area (Å²) in [5, 5.41) is 2.74. The van der Waals surface area contributed by atoms with Crippen LogP contribution >= 0.6 is 0 Å². The zero-order valence-electron chi connectivity index (χ0n) is 11.6. The predicted octanol–water partition coefficient (Wildman–Crippen LogP) is 1.62. The highest BCUT2D eigenvalue weighted by molar-refractivity contribution is 6.04. The first-order valence-electron chi connectivity index (χ1n) is 6.27. The van der Waals surface area contributed by atoms with Gasteiger partial charge in [-0.25, -0.2) is 0 Å². The summed E-state index contributed by atoms with van der Waals surface area (Å²) in [5.74, 6) is -0.0950. The summed E-state index contributed by atoms with van der Waals surface area (Å²) in [6.07, 6.45) is 3.52. The van der Waals surface area contributed by atoms with E-state index in [4.69, 9.17) is 0 Å². The van der Waals surface area contributed by atoms with Gasteiger partial charge in [-0.05, 0) is 18.6 Å². The molecule has 0 aliphatic rings. The minimum atomic E-state index is -0.0635. The number of carbonyl (C=O) groups excluding carboxylic acids is 2. The molecule has 4 heteroatoms. The van der Waals surface area contributed by atoms with E-state index in [1.807, 2.05) is 27.1 Å². The maximum absolute atomic E-state index is 11.9. The van der Waals surface area contributed by atoms with E-state index >= 15 is 0 Å². The second kappa shape index (κ2) is 7.36. The molecule has 0 fully saturated rings. The maximum Gasteiger partial charge on any atom is 0.224 e. The van der Waals surface area contributed by atoms with E-state index < -0.39 is 0 Å². The van der Waals surface area contributed by atoms with Gasteiger partial charge >= 0.3 is 0 Å². The quantitative estimate of drug-likeness (QED) is 0.624. The van der Waals surface area contributed by atoms with Gasteiger partial charge in [-0.2, -0.15) is 0 Å². The second-order valence-corrected chi connectivity index (χ2v) is 4.47. The molecular weight excluding hydrogens is 240 g/mol. The summed E-state index contributed by atoms with van der Waals surface area (Å²) in [4.78, 5) is 25.2. The van der Waals surface area contributed by atoms with Gasteiger partial charge in [0.1, 0.15) is 0 Å². The highest BCUT2D eigenvalue weighted by Crippen LogP contribution is 2.08. The number of benzene rings is 1. The normalized spacial score (nSPS) is 10.5. The molecule has 0 radical (unpaired) electrons. The molecule has 1 aromatic rings. The molecule has 1 aromatic carbocycles. The molecule has 0 aliphatic carbocycles. The van der Waals surface area contributed by atoms with E-state index in [0.717, 1.165) is 5.56 Å². The molecule has 0 saturated carbocycles. The van der Waals surface area contributed by atoms with Crippen LogP contribution in [0.3, 0.4) is 0 Å². The van der Waals surface area contributed by atoms with Gasteiger partial charge in [-0.3, -0.25) is 9.59 Å². The fourth-order valence-electron chi connectivity index (χ4n) is 1.59. The summed E-state index contributed by atoms with van der Waals surface area (Å²) in [6, 6.07) is 7.16. The van der Waals surface area contributed by atoms with Crippen LogP contribution in [0.4, 0.5) is 0 Å². The monoisotopic (exact) mass is 260 g/mol. The third-order valence-electron chi connectivity index (χ3n) is 2.47. The van der Waals surface area contributed by atoms with Crippen molar-refractivity contribution in [3.63, 3.8) is 0 Å². The SMILES string of the molecule is CCNC(=O)Cc1cccc(C(=O)/C=C/N(C)C)c1. The largest absolute Gasteiger partial charge is 0.383 e. The standard InChI is InChI=1S/C15H20N2O2/c1-4-16-15(19)11-12-6-5-7-13(10-12)14(18)8-9-17(2)3/h5-10H,4,11H2,1-3H3,(H,16,19)/b9-8+. The van der Waals surface area contributed by atoms with Crippen molar-refractivity contribution in [2.24, 2.45) is 0 Å². The van der Waals surface area contributed by atoms with Crippen LogP contribution in [0.1, 0.15) is 22.8 Å². The van der Waals surface area contributed by atoms with Crippen molar-refractivity contribution < 1.29 is 9.59 Å². The van der Waals surface area contributed by atoms with E-state index in [1.54, 1.807) is 29.3 Å². The first-order chi connectivity index (χ1) is 9.02. The van der Waals surface area contributed by atoms with Crippen molar-refractivity contribution in [3.05, 3.63) is 47.7 Å². The second-order valence-electron chi connectivity index (χ2n) is 4.47. The molecule has 0 saturated heterocycles. The molecule has 4 nitrogen and oxygen atoms in total. The number of ketones is 1. The zero-order valence-corrected chi connectivity index (χ0v) is 11.6. The van der Waals surface area contributed by atoms with Crippen molar-refractivity contribution in [2.45, 2.75) is 13.3 Å². The Balaban J connectivity index is 2.76. The van der Waals surface area contributed by atoms with E-state index in [0.29, 0.717) is 18.5 Å². The number of nitrogens with one attached hydrogen (secondary N) is 1. The topological polar surface area (TPSA) is 49.4 Å². The van der Waals surface area contributed by atoms with Crippen LogP contribution in [0.15, 0.2) is 36.5 Å². The predicted molar refractivity (Wildman–Crippen MR) is 76.0 cm³/mol. The van der Waals surface area contributed by atoms with Gasteiger partial charge in [0, 0.05) is 38.5 Å². The Kier molecular flexibility index (Phi) is 5.79. The first-order valence-corrected chi connectivity index (χ1v) is 6.27. The Morgan fingerprint density at radius 3 is 2.68 bits per heavy atom. The fourth-order valence-corrected chi connectivity index (χ4v) is 1.59. The molecule has 0 aliphatic heterocycles.